The fourth-order valence-corrected chi connectivity index (χ4v) is 2.90. The van der Waals surface area contributed by atoms with E-state index in [1.165, 1.54) is 0 Å². The number of rotatable bonds is 3. The zero-order chi connectivity index (χ0) is 15.7. The lowest BCUT2D eigenvalue weighted by molar-refractivity contribution is 0.606. The lowest BCUT2D eigenvalue weighted by Gasteiger charge is -2.12. The minimum Gasteiger partial charge on any atom is -0.340 e. The van der Waals surface area contributed by atoms with Gasteiger partial charge in [-0.05, 0) is 17.7 Å². The van der Waals surface area contributed by atoms with Crippen molar-refractivity contribution in [1.29, 1.82) is 0 Å². The third kappa shape index (κ3) is 2.73. The van der Waals surface area contributed by atoms with Crippen molar-refractivity contribution in [1.82, 2.24) is 4.98 Å². The van der Waals surface area contributed by atoms with Crippen LogP contribution in [0, 0.1) is 0 Å². The number of aromatic amines is 1. The van der Waals surface area contributed by atoms with Gasteiger partial charge < -0.3 is 4.98 Å². The Hall–Kier alpha value is -2.60. The van der Waals surface area contributed by atoms with Crippen LogP contribution in [-0.2, 0) is 10.0 Å². The number of pyridine rings is 1. The van der Waals surface area contributed by atoms with Crippen molar-refractivity contribution in [2.24, 2.45) is 0 Å². The van der Waals surface area contributed by atoms with Gasteiger partial charge in [0.25, 0.3) is 0 Å². The summed E-state index contributed by atoms with van der Waals surface area (Å²) in [5.41, 5.74) is 1.33. The molecular weight excluding hydrogens is 300 g/mol. The molecule has 0 bridgehead atoms. The SMILES string of the molecule is CS(=O)(=O)Nc1[nH]c2ccccc2c(=O)c1-c1ccccc1. The smallest absolute Gasteiger partial charge is 0.230 e. The van der Waals surface area contributed by atoms with Crippen LogP contribution in [0.3, 0.4) is 0 Å². The number of sulfonamides is 1. The summed E-state index contributed by atoms with van der Waals surface area (Å²) in [5.74, 6) is 0.178. The molecule has 0 spiro atoms. The molecule has 5 nitrogen and oxygen atoms in total. The molecule has 0 saturated heterocycles. The van der Waals surface area contributed by atoms with E-state index < -0.39 is 10.0 Å². The highest BCUT2D eigenvalue weighted by Gasteiger charge is 2.16. The van der Waals surface area contributed by atoms with Crippen LogP contribution in [0.15, 0.2) is 59.4 Å². The number of H-pyrrole nitrogens is 1. The molecule has 0 atom stereocenters. The molecule has 0 amide bonds. The van der Waals surface area contributed by atoms with Crippen LogP contribution in [0.4, 0.5) is 5.82 Å². The Morgan fingerprint density at radius 2 is 1.59 bits per heavy atom. The van der Waals surface area contributed by atoms with Crippen molar-refractivity contribution in [2.75, 3.05) is 11.0 Å². The van der Waals surface area contributed by atoms with E-state index in [0.29, 0.717) is 22.0 Å². The number of fused-ring (bicyclic) bond motifs is 1. The Labute approximate surface area is 127 Å². The second-order valence-electron chi connectivity index (χ2n) is 4.99. The molecule has 0 radical (unpaired) electrons. The summed E-state index contributed by atoms with van der Waals surface area (Å²) in [4.78, 5) is 15.8. The van der Waals surface area contributed by atoms with Gasteiger partial charge in [0.1, 0.15) is 5.82 Å². The molecule has 0 saturated carbocycles. The molecule has 2 aromatic carbocycles. The highest BCUT2D eigenvalue weighted by atomic mass is 32.2. The van der Waals surface area contributed by atoms with Crippen molar-refractivity contribution in [3.63, 3.8) is 0 Å². The average Bonchev–Trinajstić information content (AvgIpc) is 2.47. The van der Waals surface area contributed by atoms with E-state index >= 15 is 0 Å². The van der Waals surface area contributed by atoms with Crippen LogP contribution in [0.25, 0.3) is 22.0 Å². The Balaban J connectivity index is 2.39. The van der Waals surface area contributed by atoms with E-state index in [0.717, 1.165) is 6.26 Å². The third-order valence-corrected chi connectivity index (χ3v) is 3.83. The van der Waals surface area contributed by atoms with Crippen LogP contribution in [0.1, 0.15) is 0 Å². The maximum Gasteiger partial charge on any atom is 0.230 e. The zero-order valence-corrected chi connectivity index (χ0v) is 12.6. The Kier molecular flexibility index (Phi) is 3.46. The molecule has 0 aliphatic heterocycles. The van der Waals surface area contributed by atoms with Gasteiger partial charge in [-0.3, -0.25) is 9.52 Å². The molecule has 1 aromatic heterocycles. The third-order valence-electron chi connectivity index (χ3n) is 3.26. The monoisotopic (exact) mass is 314 g/mol. The molecule has 3 aromatic rings. The summed E-state index contributed by atoms with van der Waals surface area (Å²) in [5, 5.41) is 0.514. The summed E-state index contributed by atoms with van der Waals surface area (Å²) in [6.45, 7) is 0. The first-order valence-electron chi connectivity index (χ1n) is 6.64. The maximum absolute atomic E-state index is 12.8. The van der Waals surface area contributed by atoms with Gasteiger partial charge in [0.2, 0.25) is 10.0 Å². The number of anilines is 1. The van der Waals surface area contributed by atoms with Gasteiger partial charge in [-0.15, -0.1) is 0 Å². The average molecular weight is 314 g/mol. The summed E-state index contributed by atoms with van der Waals surface area (Å²) in [7, 11) is -3.51. The number of hydrogen-bond donors (Lipinski definition) is 2. The van der Waals surface area contributed by atoms with Gasteiger partial charge in [-0.1, -0.05) is 42.5 Å². The van der Waals surface area contributed by atoms with E-state index in [4.69, 9.17) is 0 Å². The number of benzene rings is 2. The first-order chi connectivity index (χ1) is 10.5. The minimum atomic E-state index is -3.51. The van der Waals surface area contributed by atoms with Crippen LogP contribution in [0.5, 0.6) is 0 Å². The number of hydrogen-bond acceptors (Lipinski definition) is 3. The lowest BCUT2D eigenvalue weighted by Crippen LogP contribution is -2.17. The minimum absolute atomic E-state index is 0.178. The predicted molar refractivity (Wildman–Crippen MR) is 88.5 cm³/mol. The van der Waals surface area contributed by atoms with Gasteiger partial charge in [-0.25, -0.2) is 8.42 Å². The fourth-order valence-electron chi connectivity index (χ4n) is 2.38. The van der Waals surface area contributed by atoms with Crippen molar-refractivity contribution in [3.05, 3.63) is 64.8 Å². The summed E-state index contributed by atoms with van der Waals surface area (Å²) in [6.07, 6.45) is 1.05. The quantitative estimate of drug-likeness (QED) is 0.780. The highest BCUT2D eigenvalue weighted by Crippen LogP contribution is 2.26. The van der Waals surface area contributed by atoms with E-state index in [1.54, 1.807) is 48.5 Å². The molecule has 2 N–H and O–H groups in total. The van der Waals surface area contributed by atoms with Crippen molar-refractivity contribution < 1.29 is 8.42 Å². The predicted octanol–water partition coefficient (Wildman–Crippen LogP) is 2.57. The molecule has 0 aliphatic carbocycles. The van der Waals surface area contributed by atoms with Gasteiger partial charge in [0.15, 0.2) is 5.43 Å². The van der Waals surface area contributed by atoms with Crippen molar-refractivity contribution in [2.45, 2.75) is 0 Å². The first kappa shape index (κ1) is 14.3. The van der Waals surface area contributed by atoms with Crippen LogP contribution in [0.2, 0.25) is 0 Å². The maximum atomic E-state index is 12.8. The molecule has 22 heavy (non-hydrogen) atoms. The molecule has 1 heterocycles. The van der Waals surface area contributed by atoms with Crippen LogP contribution < -0.4 is 10.2 Å². The molecular formula is C16H14N2O3S. The van der Waals surface area contributed by atoms with E-state index in [1.807, 2.05) is 6.07 Å². The second kappa shape index (κ2) is 5.31. The zero-order valence-electron chi connectivity index (χ0n) is 11.8. The van der Waals surface area contributed by atoms with Gasteiger partial charge in [0.05, 0.1) is 17.3 Å². The molecule has 0 aliphatic rings. The largest absolute Gasteiger partial charge is 0.340 e. The standard InChI is InChI=1S/C16H14N2O3S/c1-22(20,21)18-16-14(11-7-3-2-4-8-11)15(19)12-9-5-6-10-13(12)17-16/h2-10H,1H3,(H2,17,18,19). The number of aromatic nitrogens is 1. The fraction of sp³-hybridized carbons (Fsp3) is 0.0625. The normalized spacial score (nSPS) is 11.5. The Morgan fingerprint density at radius 1 is 0.955 bits per heavy atom. The van der Waals surface area contributed by atoms with E-state index in [2.05, 4.69) is 9.71 Å². The first-order valence-corrected chi connectivity index (χ1v) is 8.53. The lowest BCUT2D eigenvalue weighted by atomic mass is 10.0. The highest BCUT2D eigenvalue weighted by molar-refractivity contribution is 7.92. The molecule has 6 heteroatoms. The van der Waals surface area contributed by atoms with Gasteiger partial charge in [0, 0.05) is 5.39 Å². The molecule has 3 rings (SSSR count). The van der Waals surface area contributed by atoms with E-state index in [-0.39, 0.29) is 11.2 Å². The van der Waals surface area contributed by atoms with Gasteiger partial charge in [-0.2, -0.15) is 0 Å². The second-order valence-corrected chi connectivity index (χ2v) is 6.74. The topological polar surface area (TPSA) is 79.0 Å². The Bertz CT molecular complexity index is 993. The number of para-hydroxylation sites is 1. The van der Waals surface area contributed by atoms with Gasteiger partial charge >= 0.3 is 0 Å². The Morgan fingerprint density at radius 3 is 2.27 bits per heavy atom. The number of nitrogens with one attached hydrogen (secondary N) is 2. The van der Waals surface area contributed by atoms with Crippen LogP contribution in [-0.4, -0.2) is 19.7 Å². The van der Waals surface area contributed by atoms with E-state index in [9.17, 15) is 13.2 Å². The summed E-state index contributed by atoms with van der Waals surface area (Å²) in [6, 6.07) is 16.0. The molecule has 0 fully saturated rings. The summed E-state index contributed by atoms with van der Waals surface area (Å²) >= 11 is 0. The molecule has 0 unspecified atom stereocenters. The van der Waals surface area contributed by atoms with Crippen LogP contribution >= 0.6 is 0 Å². The summed E-state index contributed by atoms with van der Waals surface area (Å²) < 4.78 is 25.6. The van der Waals surface area contributed by atoms with Crippen molar-refractivity contribution in [3.8, 4) is 11.1 Å². The molecule has 112 valence electrons. The van der Waals surface area contributed by atoms with Crippen molar-refractivity contribution >= 4 is 26.7 Å².